The fourth-order valence-electron chi connectivity index (χ4n) is 4.45. The number of carboxylic acids is 1. The highest BCUT2D eigenvalue weighted by Crippen LogP contribution is 2.36. The number of carbonyl (C=O) groups excluding carboxylic acids is 2. The SMILES string of the molecule is COc1ccc(C(CC(=O)CCC(=O)N[C@@H](Cc2cnc[nH]2)C(=O)O)c2c[nH]c3ccc(OC)cc23)cc1. The Morgan fingerprint density at radius 2 is 1.74 bits per heavy atom. The van der Waals surface area contributed by atoms with Gasteiger partial charge in [-0.25, -0.2) is 9.78 Å². The topological polar surface area (TPSA) is 146 Å². The Hall–Kier alpha value is -4.60. The number of ketones is 1. The summed E-state index contributed by atoms with van der Waals surface area (Å²) >= 11 is 0. The van der Waals surface area contributed by atoms with Gasteiger partial charge in [-0.2, -0.15) is 0 Å². The monoisotopic (exact) mass is 518 g/mol. The molecule has 0 radical (unpaired) electrons. The summed E-state index contributed by atoms with van der Waals surface area (Å²) in [6.07, 6.45) is 4.96. The third-order valence-electron chi connectivity index (χ3n) is 6.49. The van der Waals surface area contributed by atoms with Crippen molar-refractivity contribution in [1.29, 1.82) is 0 Å². The zero-order chi connectivity index (χ0) is 27.1. The van der Waals surface area contributed by atoms with E-state index in [1.165, 1.54) is 12.5 Å². The predicted molar refractivity (Wildman–Crippen MR) is 140 cm³/mol. The van der Waals surface area contributed by atoms with Crippen LogP contribution in [0.3, 0.4) is 0 Å². The zero-order valence-electron chi connectivity index (χ0n) is 21.2. The van der Waals surface area contributed by atoms with Gasteiger partial charge in [-0.1, -0.05) is 12.1 Å². The number of ether oxygens (including phenoxy) is 2. The second kappa shape index (κ2) is 12.1. The number of nitrogens with one attached hydrogen (secondary N) is 3. The van der Waals surface area contributed by atoms with Gasteiger partial charge in [-0.3, -0.25) is 9.59 Å². The first-order valence-electron chi connectivity index (χ1n) is 12.2. The maximum absolute atomic E-state index is 13.1. The van der Waals surface area contributed by atoms with Crippen molar-refractivity contribution in [3.63, 3.8) is 0 Å². The average molecular weight is 519 g/mol. The van der Waals surface area contributed by atoms with E-state index in [4.69, 9.17) is 9.47 Å². The highest BCUT2D eigenvalue weighted by atomic mass is 16.5. The fraction of sp³-hybridized carbons (Fsp3) is 0.286. The molecule has 198 valence electrons. The number of nitrogens with zero attached hydrogens (tertiary/aromatic N) is 1. The van der Waals surface area contributed by atoms with Crippen LogP contribution in [0.25, 0.3) is 10.9 Å². The van der Waals surface area contributed by atoms with Crippen LogP contribution in [0.1, 0.15) is 42.0 Å². The highest BCUT2D eigenvalue weighted by Gasteiger charge is 2.24. The van der Waals surface area contributed by atoms with Crippen LogP contribution >= 0.6 is 0 Å². The summed E-state index contributed by atoms with van der Waals surface area (Å²) in [4.78, 5) is 47.2. The number of carbonyl (C=O) groups is 3. The van der Waals surface area contributed by atoms with Crippen LogP contribution in [0.2, 0.25) is 0 Å². The highest BCUT2D eigenvalue weighted by molar-refractivity contribution is 5.90. The van der Waals surface area contributed by atoms with Gasteiger partial charge in [0.2, 0.25) is 5.91 Å². The number of rotatable bonds is 13. The molecule has 0 saturated heterocycles. The summed E-state index contributed by atoms with van der Waals surface area (Å²) in [5.41, 5.74) is 3.37. The van der Waals surface area contributed by atoms with Gasteiger partial charge < -0.3 is 29.9 Å². The lowest BCUT2D eigenvalue weighted by atomic mass is 9.86. The Morgan fingerprint density at radius 1 is 1.00 bits per heavy atom. The molecule has 0 aliphatic heterocycles. The predicted octanol–water partition coefficient (Wildman–Crippen LogP) is 3.59. The van der Waals surface area contributed by atoms with Crippen LogP contribution in [0.5, 0.6) is 11.5 Å². The summed E-state index contributed by atoms with van der Waals surface area (Å²) in [7, 11) is 3.20. The van der Waals surface area contributed by atoms with E-state index < -0.39 is 17.9 Å². The summed E-state index contributed by atoms with van der Waals surface area (Å²) in [6, 6.07) is 12.2. The third-order valence-corrected chi connectivity index (χ3v) is 6.49. The molecular formula is C28H30N4O6. The van der Waals surface area contributed by atoms with E-state index in [0.29, 0.717) is 17.2 Å². The number of fused-ring (bicyclic) bond motifs is 1. The van der Waals surface area contributed by atoms with Crippen LogP contribution in [-0.4, -0.2) is 58.0 Å². The lowest BCUT2D eigenvalue weighted by Gasteiger charge is -2.18. The van der Waals surface area contributed by atoms with Crippen molar-refractivity contribution >= 4 is 28.6 Å². The molecule has 38 heavy (non-hydrogen) atoms. The lowest BCUT2D eigenvalue weighted by Crippen LogP contribution is -2.42. The van der Waals surface area contributed by atoms with E-state index in [-0.39, 0.29) is 37.4 Å². The van der Waals surface area contributed by atoms with Gasteiger partial charge in [0.15, 0.2) is 0 Å². The minimum absolute atomic E-state index is 0.0133. The Bertz CT molecular complexity index is 1390. The maximum Gasteiger partial charge on any atom is 0.326 e. The fourth-order valence-corrected chi connectivity index (χ4v) is 4.45. The van der Waals surface area contributed by atoms with Crippen molar-refractivity contribution in [1.82, 2.24) is 20.3 Å². The average Bonchev–Trinajstić information content (AvgIpc) is 3.60. The van der Waals surface area contributed by atoms with Crippen molar-refractivity contribution in [2.45, 2.75) is 37.6 Å². The number of imidazole rings is 1. The number of aromatic nitrogens is 3. The molecule has 4 N–H and O–H groups in total. The van der Waals surface area contributed by atoms with Crippen LogP contribution in [0.15, 0.2) is 61.2 Å². The standard InChI is InChI=1S/C28H30N4O6/c1-37-20-6-3-17(4-7-20)22(24-15-30-25-9-8-21(38-2)13-23(24)25)12-19(33)5-10-27(34)32-26(28(35)36)11-18-14-29-16-31-18/h3-4,6-9,13-16,22,26,30H,5,10-12H2,1-2H3,(H,29,31)(H,32,34)(H,35,36)/t22?,26-/m0/s1. The number of carboxylic acid groups (broad SMARTS) is 1. The van der Waals surface area contributed by atoms with E-state index in [2.05, 4.69) is 20.3 Å². The van der Waals surface area contributed by atoms with Crippen LogP contribution in [-0.2, 0) is 20.8 Å². The van der Waals surface area contributed by atoms with Crippen molar-refractivity contribution in [3.05, 3.63) is 78.0 Å². The van der Waals surface area contributed by atoms with Gasteiger partial charge in [0, 0.05) is 60.6 Å². The van der Waals surface area contributed by atoms with Gasteiger partial charge in [0.05, 0.1) is 20.5 Å². The molecule has 0 aliphatic rings. The number of Topliss-reactive ketones (excluding diaryl/α,β-unsaturated/α-hetero) is 1. The molecule has 2 aromatic carbocycles. The molecule has 2 heterocycles. The molecule has 4 aromatic rings. The number of amides is 1. The number of hydrogen-bond acceptors (Lipinski definition) is 6. The number of aromatic amines is 2. The second-order valence-electron chi connectivity index (χ2n) is 8.96. The van der Waals surface area contributed by atoms with E-state index in [1.807, 2.05) is 48.7 Å². The quantitative estimate of drug-likeness (QED) is 0.211. The normalized spacial score (nSPS) is 12.6. The largest absolute Gasteiger partial charge is 0.497 e. The van der Waals surface area contributed by atoms with Crippen LogP contribution < -0.4 is 14.8 Å². The summed E-state index contributed by atoms with van der Waals surface area (Å²) < 4.78 is 10.7. The summed E-state index contributed by atoms with van der Waals surface area (Å²) in [6.45, 7) is 0. The van der Waals surface area contributed by atoms with E-state index in [9.17, 15) is 19.5 Å². The zero-order valence-corrected chi connectivity index (χ0v) is 21.2. The number of hydrogen-bond donors (Lipinski definition) is 4. The van der Waals surface area contributed by atoms with Crippen molar-refractivity contribution in [2.75, 3.05) is 14.2 Å². The minimum atomic E-state index is -1.16. The smallest absolute Gasteiger partial charge is 0.326 e. The third kappa shape index (κ3) is 6.39. The molecule has 0 bridgehead atoms. The van der Waals surface area contributed by atoms with Gasteiger partial charge >= 0.3 is 5.97 Å². The van der Waals surface area contributed by atoms with Gasteiger partial charge in [0.25, 0.3) is 0 Å². The minimum Gasteiger partial charge on any atom is -0.497 e. The molecular weight excluding hydrogens is 488 g/mol. The Labute approximate surface area is 219 Å². The molecule has 0 saturated carbocycles. The van der Waals surface area contributed by atoms with Crippen molar-refractivity contribution < 1.29 is 29.0 Å². The summed E-state index contributed by atoms with van der Waals surface area (Å²) in [5.74, 6) is -0.628. The Morgan fingerprint density at radius 3 is 2.39 bits per heavy atom. The molecule has 0 aliphatic carbocycles. The van der Waals surface area contributed by atoms with E-state index >= 15 is 0 Å². The number of H-pyrrole nitrogens is 2. The van der Waals surface area contributed by atoms with Crippen molar-refractivity contribution in [3.8, 4) is 11.5 Å². The first-order chi connectivity index (χ1) is 18.4. The first-order valence-corrected chi connectivity index (χ1v) is 12.2. The number of aliphatic carboxylic acids is 1. The lowest BCUT2D eigenvalue weighted by molar-refractivity contribution is -0.141. The molecule has 10 heteroatoms. The molecule has 1 unspecified atom stereocenters. The van der Waals surface area contributed by atoms with Gasteiger partial charge in [0.1, 0.15) is 23.3 Å². The number of methoxy groups -OCH3 is 2. The van der Waals surface area contributed by atoms with E-state index in [0.717, 1.165) is 22.0 Å². The molecule has 4 rings (SSSR count). The summed E-state index contributed by atoms with van der Waals surface area (Å²) in [5, 5.41) is 12.9. The first kappa shape index (κ1) is 26.5. The molecule has 2 aromatic heterocycles. The molecule has 1 amide bonds. The molecule has 0 fully saturated rings. The molecule has 10 nitrogen and oxygen atoms in total. The molecule has 2 atom stereocenters. The van der Waals surface area contributed by atoms with Crippen LogP contribution in [0.4, 0.5) is 0 Å². The Kier molecular flexibility index (Phi) is 8.42. The van der Waals surface area contributed by atoms with Crippen molar-refractivity contribution in [2.24, 2.45) is 0 Å². The second-order valence-corrected chi connectivity index (χ2v) is 8.96. The number of benzene rings is 2. The molecule has 0 spiro atoms. The van der Waals surface area contributed by atoms with Gasteiger partial charge in [-0.15, -0.1) is 0 Å². The van der Waals surface area contributed by atoms with E-state index in [1.54, 1.807) is 14.2 Å². The Balaban J connectivity index is 1.48. The maximum atomic E-state index is 13.1. The van der Waals surface area contributed by atoms with Crippen LogP contribution in [0, 0.1) is 0 Å². The van der Waals surface area contributed by atoms with Gasteiger partial charge in [-0.05, 0) is 41.5 Å².